The molecule has 0 unspecified atom stereocenters. The molecule has 0 rings (SSSR count). The van der Waals surface area contributed by atoms with Gasteiger partial charge in [0, 0.05) is 12.8 Å². The molecule has 0 heterocycles. The molecule has 2 heteroatoms. The highest BCUT2D eigenvalue weighted by Crippen LogP contribution is 2.06. The van der Waals surface area contributed by atoms with Crippen molar-refractivity contribution in [2.24, 2.45) is 0 Å². The van der Waals surface area contributed by atoms with Gasteiger partial charge < -0.3 is 0 Å². The van der Waals surface area contributed by atoms with Crippen LogP contribution in [0.1, 0.15) is 38.5 Å². The van der Waals surface area contributed by atoms with E-state index in [4.69, 9.17) is 0 Å². The molecule has 0 amide bonds. The maximum Gasteiger partial charge on any atom is 0.133 e. The van der Waals surface area contributed by atoms with E-state index in [1.54, 1.807) is 11.8 Å². The predicted octanol–water partition coefficient (Wildman–Crippen LogP) is 3.45. The van der Waals surface area contributed by atoms with Gasteiger partial charge in [0.05, 0.1) is 0 Å². The van der Waals surface area contributed by atoms with Gasteiger partial charge in [-0.3, -0.25) is 4.79 Å². The van der Waals surface area contributed by atoms with Crippen LogP contribution in [0.5, 0.6) is 0 Å². The number of hydrogen-bond acceptors (Lipinski definition) is 2. The van der Waals surface area contributed by atoms with Gasteiger partial charge in [0.25, 0.3) is 0 Å². The summed E-state index contributed by atoms with van der Waals surface area (Å²) in [4.78, 5) is 11.2. The normalized spacial score (nSPS) is 9.92. The molecule has 0 spiro atoms. The molecule has 13 heavy (non-hydrogen) atoms. The third-order valence-electron chi connectivity index (χ3n) is 1.95. The van der Waals surface area contributed by atoms with E-state index in [-0.39, 0.29) is 0 Å². The quantitative estimate of drug-likeness (QED) is 0.419. The zero-order valence-electron chi connectivity index (χ0n) is 8.55. The van der Waals surface area contributed by atoms with E-state index in [1.165, 1.54) is 6.42 Å². The predicted molar refractivity (Wildman–Crippen MR) is 61.3 cm³/mol. The van der Waals surface area contributed by atoms with Crippen molar-refractivity contribution in [1.29, 1.82) is 0 Å². The van der Waals surface area contributed by atoms with Gasteiger partial charge in [-0.1, -0.05) is 12.5 Å². The van der Waals surface area contributed by atoms with E-state index in [1.807, 2.05) is 12.3 Å². The molecule has 0 radical (unpaired) electrons. The lowest BCUT2D eigenvalue weighted by molar-refractivity contribution is -0.118. The summed E-state index contributed by atoms with van der Waals surface area (Å²) in [5.41, 5.74) is 0. The zero-order valence-corrected chi connectivity index (χ0v) is 9.37. The van der Waals surface area contributed by atoms with Crippen molar-refractivity contribution in [2.75, 3.05) is 12.0 Å². The number of unbranched alkanes of at least 4 members (excludes halogenated alkanes) is 3. The number of allylic oxidation sites excluding steroid dienone is 1. The Morgan fingerprint density at radius 2 is 2.08 bits per heavy atom. The Kier molecular flexibility index (Phi) is 9.66. The summed E-state index contributed by atoms with van der Waals surface area (Å²) in [7, 11) is 0. The molecule has 0 N–H and O–H groups in total. The van der Waals surface area contributed by atoms with E-state index in [0.29, 0.717) is 5.78 Å². The lowest BCUT2D eigenvalue weighted by atomic mass is 10.1. The second-order valence-electron chi connectivity index (χ2n) is 3.17. The summed E-state index contributed by atoms with van der Waals surface area (Å²) in [5.74, 6) is 1.40. The van der Waals surface area contributed by atoms with Crippen LogP contribution in [0, 0.1) is 0 Å². The van der Waals surface area contributed by atoms with Gasteiger partial charge in [-0.2, -0.15) is 11.8 Å². The number of carbonyl (C=O) groups is 1. The van der Waals surface area contributed by atoms with Crippen LogP contribution in [0.3, 0.4) is 0 Å². The van der Waals surface area contributed by atoms with Crippen LogP contribution in [0.25, 0.3) is 0 Å². The zero-order chi connectivity index (χ0) is 9.94. The molecule has 0 aromatic rings. The number of Topliss-reactive ketones (excluding diaryl/α,β-unsaturated/α-hetero) is 1. The van der Waals surface area contributed by atoms with Crippen molar-refractivity contribution in [3.63, 3.8) is 0 Å². The maximum atomic E-state index is 11.2. The van der Waals surface area contributed by atoms with E-state index >= 15 is 0 Å². The van der Waals surface area contributed by atoms with Gasteiger partial charge in [0.15, 0.2) is 0 Å². The van der Waals surface area contributed by atoms with Crippen LogP contribution in [0.4, 0.5) is 0 Å². The Morgan fingerprint density at radius 3 is 2.69 bits per heavy atom. The molecule has 0 aliphatic heterocycles. The van der Waals surface area contributed by atoms with Gasteiger partial charge in [0.1, 0.15) is 5.78 Å². The molecule has 0 aliphatic rings. The van der Waals surface area contributed by atoms with Gasteiger partial charge >= 0.3 is 0 Å². The van der Waals surface area contributed by atoms with Crippen LogP contribution in [-0.2, 0) is 4.79 Å². The Labute approximate surface area is 86.0 Å². The molecule has 0 aromatic carbocycles. The molecule has 0 bridgehead atoms. The topological polar surface area (TPSA) is 17.1 Å². The first-order valence-corrected chi connectivity index (χ1v) is 6.32. The third-order valence-corrected chi connectivity index (χ3v) is 2.56. The fourth-order valence-electron chi connectivity index (χ4n) is 1.13. The van der Waals surface area contributed by atoms with E-state index < -0.39 is 0 Å². The Morgan fingerprint density at radius 1 is 1.31 bits per heavy atom. The summed E-state index contributed by atoms with van der Waals surface area (Å²) in [6, 6.07) is 0. The SMILES string of the molecule is C=CCCCCCC(=O)CCSC. The molecule has 0 atom stereocenters. The minimum absolute atomic E-state index is 0.424. The second-order valence-corrected chi connectivity index (χ2v) is 4.16. The summed E-state index contributed by atoms with van der Waals surface area (Å²) in [6.45, 7) is 3.66. The fraction of sp³-hybridized carbons (Fsp3) is 0.727. The highest BCUT2D eigenvalue weighted by atomic mass is 32.2. The van der Waals surface area contributed by atoms with E-state index in [0.717, 1.165) is 37.9 Å². The van der Waals surface area contributed by atoms with Crippen molar-refractivity contribution in [1.82, 2.24) is 0 Å². The van der Waals surface area contributed by atoms with Crippen LogP contribution in [0.15, 0.2) is 12.7 Å². The average Bonchev–Trinajstić information content (AvgIpc) is 2.14. The minimum atomic E-state index is 0.424. The Bertz CT molecular complexity index is 143. The lowest BCUT2D eigenvalue weighted by Crippen LogP contribution is -1.98. The standard InChI is InChI=1S/C11H20OS/c1-3-4-5-6-7-8-11(12)9-10-13-2/h3H,1,4-10H2,2H3. The Balaban J connectivity index is 3.12. The number of ketones is 1. The number of rotatable bonds is 9. The van der Waals surface area contributed by atoms with E-state index in [2.05, 4.69) is 6.58 Å². The smallest absolute Gasteiger partial charge is 0.133 e. The molecule has 76 valence electrons. The first kappa shape index (κ1) is 12.8. The Hall–Kier alpha value is -0.240. The summed E-state index contributed by atoms with van der Waals surface area (Å²) in [5, 5.41) is 0. The number of hydrogen-bond donors (Lipinski definition) is 0. The third kappa shape index (κ3) is 9.68. The largest absolute Gasteiger partial charge is 0.300 e. The van der Waals surface area contributed by atoms with Crippen molar-refractivity contribution in [3.8, 4) is 0 Å². The van der Waals surface area contributed by atoms with Crippen LogP contribution in [0.2, 0.25) is 0 Å². The van der Waals surface area contributed by atoms with Crippen molar-refractivity contribution in [3.05, 3.63) is 12.7 Å². The highest BCUT2D eigenvalue weighted by Gasteiger charge is 1.99. The van der Waals surface area contributed by atoms with Gasteiger partial charge in [0.2, 0.25) is 0 Å². The molecule has 0 fully saturated rings. The summed E-state index contributed by atoms with van der Waals surface area (Å²) >= 11 is 1.74. The highest BCUT2D eigenvalue weighted by molar-refractivity contribution is 7.98. The molecular formula is C11H20OS. The van der Waals surface area contributed by atoms with Gasteiger partial charge in [-0.25, -0.2) is 0 Å². The second kappa shape index (κ2) is 9.85. The number of thioether (sulfide) groups is 1. The van der Waals surface area contributed by atoms with Crippen molar-refractivity contribution in [2.45, 2.75) is 38.5 Å². The monoisotopic (exact) mass is 200 g/mol. The van der Waals surface area contributed by atoms with Gasteiger partial charge in [-0.05, 0) is 31.3 Å². The molecule has 0 saturated heterocycles. The van der Waals surface area contributed by atoms with Crippen LogP contribution < -0.4 is 0 Å². The maximum absolute atomic E-state index is 11.2. The minimum Gasteiger partial charge on any atom is -0.300 e. The first-order chi connectivity index (χ1) is 6.31. The van der Waals surface area contributed by atoms with E-state index in [9.17, 15) is 4.79 Å². The average molecular weight is 200 g/mol. The van der Waals surface area contributed by atoms with Crippen molar-refractivity contribution >= 4 is 17.5 Å². The van der Waals surface area contributed by atoms with Crippen molar-refractivity contribution < 1.29 is 4.79 Å². The molecule has 0 aromatic heterocycles. The summed E-state index contributed by atoms with van der Waals surface area (Å²) < 4.78 is 0. The van der Waals surface area contributed by atoms with Crippen LogP contribution >= 0.6 is 11.8 Å². The first-order valence-electron chi connectivity index (χ1n) is 4.92. The fourth-order valence-corrected chi connectivity index (χ4v) is 1.56. The lowest BCUT2D eigenvalue weighted by Gasteiger charge is -1.99. The number of carbonyl (C=O) groups excluding carboxylic acids is 1. The van der Waals surface area contributed by atoms with Crippen LogP contribution in [-0.4, -0.2) is 17.8 Å². The molecule has 1 nitrogen and oxygen atoms in total. The molecular weight excluding hydrogens is 180 g/mol. The summed E-state index contributed by atoms with van der Waals surface area (Å²) in [6.07, 6.45) is 9.99. The van der Waals surface area contributed by atoms with Gasteiger partial charge in [-0.15, -0.1) is 6.58 Å². The molecule has 0 aliphatic carbocycles. The molecule has 0 saturated carbocycles.